The summed E-state index contributed by atoms with van der Waals surface area (Å²) in [6, 6.07) is 7.72. The lowest BCUT2D eigenvalue weighted by Crippen LogP contribution is -2.52. The molecule has 0 radical (unpaired) electrons. The van der Waals surface area contributed by atoms with Crippen LogP contribution in [0.25, 0.3) is 0 Å². The minimum Gasteiger partial charge on any atom is -0.367 e. The molecule has 0 saturated carbocycles. The van der Waals surface area contributed by atoms with Gasteiger partial charge in [0, 0.05) is 32.2 Å². The van der Waals surface area contributed by atoms with Gasteiger partial charge in [-0.05, 0) is 19.1 Å². The van der Waals surface area contributed by atoms with Crippen LogP contribution in [-0.2, 0) is 4.79 Å². The van der Waals surface area contributed by atoms with E-state index in [4.69, 9.17) is 17.3 Å². The number of carbonyl (C=O) groups is 1. The number of hydrogen-bond acceptors (Lipinski definition) is 3. The molecule has 1 saturated heterocycles. The van der Waals surface area contributed by atoms with E-state index in [0.717, 1.165) is 36.9 Å². The number of halogens is 3. The van der Waals surface area contributed by atoms with Gasteiger partial charge >= 0.3 is 0 Å². The number of hydrogen-bond donors (Lipinski definition) is 1. The van der Waals surface area contributed by atoms with E-state index >= 15 is 0 Å². The number of nitrogens with two attached hydrogens (primary N) is 1. The number of anilines is 1. The molecule has 1 aliphatic rings. The molecular weight excluding hydrogens is 345 g/mol. The molecule has 1 aliphatic heterocycles. The summed E-state index contributed by atoms with van der Waals surface area (Å²) in [5.41, 5.74) is 6.85. The van der Waals surface area contributed by atoms with Crippen molar-refractivity contribution in [3.8, 4) is 0 Å². The lowest BCUT2D eigenvalue weighted by Gasteiger charge is -2.38. The van der Waals surface area contributed by atoms with E-state index in [-0.39, 0.29) is 42.7 Å². The van der Waals surface area contributed by atoms with E-state index in [2.05, 4.69) is 4.90 Å². The first-order chi connectivity index (χ1) is 9.50. The van der Waals surface area contributed by atoms with Gasteiger partial charge in [0.05, 0.1) is 16.6 Å². The van der Waals surface area contributed by atoms with Crippen LogP contribution in [0.15, 0.2) is 24.3 Å². The van der Waals surface area contributed by atoms with Crippen LogP contribution in [0.5, 0.6) is 0 Å². The van der Waals surface area contributed by atoms with Gasteiger partial charge < -0.3 is 15.5 Å². The van der Waals surface area contributed by atoms with E-state index < -0.39 is 0 Å². The van der Waals surface area contributed by atoms with Gasteiger partial charge in [-0.3, -0.25) is 4.79 Å². The van der Waals surface area contributed by atoms with Crippen molar-refractivity contribution in [3.63, 3.8) is 0 Å². The second kappa shape index (κ2) is 9.46. The molecule has 1 aromatic rings. The van der Waals surface area contributed by atoms with Crippen molar-refractivity contribution in [2.75, 3.05) is 31.1 Å². The summed E-state index contributed by atoms with van der Waals surface area (Å²) in [5, 5.41) is 0.760. The Balaban J connectivity index is 0.00000220. The molecule has 2 N–H and O–H groups in total. The van der Waals surface area contributed by atoms with Gasteiger partial charge in [0.15, 0.2) is 0 Å². The van der Waals surface area contributed by atoms with Crippen molar-refractivity contribution in [1.29, 1.82) is 0 Å². The highest BCUT2D eigenvalue weighted by atomic mass is 35.5. The van der Waals surface area contributed by atoms with Crippen LogP contribution in [0.2, 0.25) is 5.02 Å². The molecular formula is C15H24Cl3N3O. The van der Waals surface area contributed by atoms with Crippen molar-refractivity contribution in [2.45, 2.75) is 19.9 Å². The molecule has 2 rings (SSSR count). The standard InChI is InChI=1S/C15H22ClN3O.2ClH/c1-11(12(2)17)15(20)19-9-7-18(8-10-19)14-6-4-3-5-13(14)16;;/h3-6,11-12H,7-10,17H2,1-2H3;2*1H. The summed E-state index contributed by atoms with van der Waals surface area (Å²) >= 11 is 6.21. The Bertz CT molecular complexity index is 477. The third kappa shape index (κ3) is 4.92. The van der Waals surface area contributed by atoms with Crippen LogP contribution >= 0.6 is 36.4 Å². The van der Waals surface area contributed by atoms with Gasteiger partial charge in [0.25, 0.3) is 0 Å². The molecule has 126 valence electrons. The zero-order chi connectivity index (χ0) is 14.7. The van der Waals surface area contributed by atoms with Crippen molar-refractivity contribution in [2.24, 2.45) is 11.7 Å². The maximum atomic E-state index is 12.3. The minimum absolute atomic E-state index is 0. The molecule has 2 atom stereocenters. The Morgan fingerprint density at radius 3 is 2.18 bits per heavy atom. The van der Waals surface area contributed by atoms with Crippen molar-refractivity contribution in [1.82, 2.24) is 4.90 Å². The topological polar surface area (TPSA) is 49.6 Å². The molecule has 1 aromatic carbocycles. The van der Waals surface area contributed by atoms with E-state index in [9.17, 15) is 4.79 Å². The van der Waals surface area contributed by atoms with Crippen LogP contribution in [-0.4, -0.2) is 43.0 Å². The van der Waals surface area contributed by atoms with Crippen LogP contribution in [0, 0.1) is 5.92 Å². The first-order valence-corrected chi connectivity index (χ1v) is 7.42. The molecule has 7 heteroatoms. The van der Waals surface area contributed by atoms with Crippen molar-refractivity contribution in [3.05, 3.63) is 29.3 Å². The number of piperazine rings is 1. The highest BCUT2D eigenvalue weighted by Crippen LogP contribution is 2.26. The monoisotopic (exact) mass is 367 g/mol. The number of carbonyl (C=O) groups excluding carboxylic acids is 1. The average molecular weight is 369 g/mol. The van der Waals surface area contributed by atoms with E-state index in [0.29, 0.717) is 0 Å². The summed E-state index contributed by atoms with van der Waals surface area (Å²) in [6.07, 6.45) is 0. The SMILES string of the molecule is CC(N)C(C)C(=O)N1CCN(c2ccccc2Cl)CC1.Cl.Cl. The fourth-order valence-electron chi connectivity index (χ4n) is 2.39. The molecule has 0 aromatic heterocycles. The Morgan fingerprint density at radius 1 is 1.14 bits per heavy atom. The minimum atomic E-state index is -0.123. The van der Waals surface area contributed by atoms with Crippen LogP contribution in [0.4, 0.5) is 5.69 Å². The molecule has 22 heavy (non-hydrogen) atoms. The normalized spacial score (nSPS) is 17.1. The Kier molecular flexibility index (Phi) is 9.16. The van der Waals surface area contributed by atoms with Gasteiger partial charge in [-0.2, -0.15) is 0 Å². The number of amides is 1. The van der Waals surface area contributed by atoms with Gasteiger partial charge in [0.2, 0.25) is 5.91 Å². The summed E-state index contributed by atoms with van der Waals surface area (Å²) < 4.78 is 0. The van der Waals surface area contributed by atoms with Gasteiger partial charge in [-0.15, -0.1) is 24.8 Å². The van der Waals surface area contributed by atoms with E-state index in [1.807, 2.05) is 43.0 Å². The van der Waals surface area contributed by atoms with Gasteiger partial charge in [-0.1, -0.05) is 30.7 Å². The maximum Gasteiger partial charge on any atom is 0.227 e. The first kappa shape index (κ1) is 21.3. The molecule has 0 spiro atoms. The lowest BCUT2D eigenvalue weighted by atomic mass is 10.0. The summed E-state index contributed by atoms with van der Waals surface area (Å²) in [7, 11) is 0. The third-order valence-corrected chi connectivity index (χ3v) is 4.28. The van der Waals surface area contributed by atoms with Crippen LogP contribution in [0.3, 0.4) is 0 Å². The molecule has 0 bridgehead atoms. The van der Waals surface area contributed by atoms with Gasteiger partial charge in [0.1, 0.15) is 0 Å². The summed E-state index contributed by atoms with van der Waals surface area (Å²) in [6.45, 7) is 6.83. The maximum absolute atomic E-state index is 12.3. The Morgan fingerprint density at radius 2 is 1.68 bits per heavy atom. The second-order valence-corrected chi connectivity index (χ2v) is 5.82. The van der Waals surface area contributed by atoms with Crippen molar-refractivity contribution >= 4 is 48.0 Å². The van der Waals surface area contributed by atoms with Gasteiger partial charge in [-0.25, -0.2) is 0 Å². The van der Waals surface area contributed by atoms with E-state index in [1.54, 1.807) is 0 Å². The first-order valence-electron chi connectivity index (χ1n) is 7.04. The summed E-state index contributed by atoms with van der Waals surface area (Å²) in [4.78, 5) is 16.4. The number of para-hydroxylation sites is 1. The molecule has 2 unspecified atom stereocenters. The van der Waals surface area contributed by atoms with E-state index in [1.165, 1.54) is 0 Å². The number of nitrogens with zero attached hydrogens (tertiary/aromatic N) is 2. The number of rotatable bonds is 3. The second-order valence-electron chi connectivity index (χ2n) is 5.41. The highest BCUT2D eigenvalue weighted by molar-refractivity contribution is 6.33. The molecule has 4 nitrogen and oxygen atoms in total. The molecule has 1 heterocycles. The van der Waals surface area contributed by atoms with Crippen molar-refractivity contribution < 1.29 is 4.79 Å². The fraction of sp³-hybridized carbons (Fsp3) is 0.533. The van der Waals surface area contributed by atoms with Crippen LogP contribution < -0.4 is 10.6 Å². The Labute approximate surface area is 149 Å². The zero-order valence-corrected chi connectivity index (χ0v) is 15.3. The Hall–Kier alpha value is -0.680. The molecule has 0 aliphatic carbocycles. The largest absolute Gasteiger partial charge is 0.367 e. The highest BCUT2D eigenvalue weighted by Gasteiger charge is 2.27. The predicted octanol–water partition coefficient (Wildman–Crippen LogP) is 2.82. The summed E-state index contributed by atoms with van der Waals surface area (Å²) in [5.74, 6) is 0.0284. The molecule has 1 fully saturated rings. The zero-order valence-electron chi connectivity index (χ0n) is 12.9. The predicted molar refractivity (Wildman–Crippen MR) is 97.6 cm³/mol. The molecule has 1 amide bonds. The fourth-order valence-corrected chi connectivity index (χ4v) is 2.64. The average Bonchev–Trinajstić information content (AvgIpc) is 2.46. The smallest absolute Gasteiger partial charge is 0.227 e. The third-order valence-electron chi connectivity index (χ3n) is 3.96. The lowest BCUT2D eigenvalue weighted by molar-refractivity contribution is -0.135. The van der Waals surface area contributed by atoms with Crippen LogP contribution in [0.1, 0.15) is 13.8 Å². The number of benzene rings is 1. The quantitative estimate of drug-likeness (QED) is 0.892.